The van der Waals surface area contributed by atoms with E-state index in [2.05, 4.69) is 19.2 Å². The van der Waals surface area contributed by atoms with Crippen LogP contribution in [0.4, 0.5) is 0 Å². The molecule has 0 amide bonds. The first kappa shape index (κ1) is 21.7. The Bertz CT molecular complexity index is 230. The molecule has 122 valence electrons. The summed E-state index contributed by atoms with van der Waals surface area (Å²) in [6.07, 6.45) is 2.14. The fraction of sp³-hybridized carbons (Fsp3) is 0.938. The van der Waals surface area contributed by atoms with Crippen LogP contribution in [0.3, 0.4) is 0 Å². The van der Waals surface area contributed by atoms with E-state index >= 15 is 0 Å². The first-order valence-electron chi connectivity index (χ1n) is 7.93. The summed E-state index contributed by atoms with van der Waals surface area (Å²) in [4.78, 5) is 11.6. The molecule has 0 aromatic rings. The van der Waals surface area contributed by atoms with E-state index in [1.807, 2.05) is 34.6 Å². The molecular weight excluding hydrogens is 254 g/mol. The number of nitrogens with one attached hydrogen (secondary N) is 1. The molecule has 1 N–H and O–H groups in total. The lowest BCUT2D eigenvalue weighted by atomic mass is 9.91. The zero-order valence-electron chi connectivity index (χ0n) is 14.5. The van der Waals surface area contributed by atoms with E-state index < -0.39 is 0 Å². The van der Waals surface area contributed by atoms with Gasteiger partial charge in [-0.15, -0.1) is 0 Å². The van der Waals surface area contributed by atoms with Crippen molar-refractivity contribution < 1.29 is 14.3 Å². The van der Waals surface area contributed by atoms with Crippen molar-refractivity contribution in [1.29, 1.82) is 0 Å². The zero-order chi connectivity index (χ0) is 16.0. The van der Waals surface area contributed by atoms with Crippen molar-refractivity contribution in [3.05, 3.63) is 0 Å². The van der Waals surface area contributed by atoms with Crippen molar-refractivity contribution >= 4 is 5.97 Å². The van der Waals surface area contributed by atoms with Crippen LogP contribution >= 0.6 is 0 Å². The second-order valence-electron chi connectivity index (χ2n) is 5.21. The Balaban J connectivity index is 0. The fourth-order valence-electron chi connectivity index (χ4n) is 1.13. The van der Waals surface area contributed by atoms with Crippen LogP contribution in [0.5, 0.6) is 0 Å². The van der Waals surface area contributed by atoms with Crippen LogP contribution in [-0.4, -0.2) is 38.4 Å². The lowest BCUT2D eigenvalue weighted by Gasteiger charge is -2.20. The summed E-state index contributed by atoms with van der Waals surface area (Å²) in [5.41, 5.74) is -0.375. The predicted molar refractivity (Wildman–Crippen MR) is 85.0 cm³/mol. The van der Waals surface area contributed by atoms with Gasteiger partial charge in [-0.3, -0.25) is 4.79 Å². The Hall–Kier alpha value is -0.610. The predicted octanol–water partition coefficient (Wildman–Crippen LogP) is 3.40. The van der Waals surface area contributed by atoms with Crippen LogP contribution in [0.15, 0.2) is 0 Å². The maximum Gasteiger partial charge on any atom is 0.311 e. The maximum absolute atomic E-state index is 11.6. The van der Waals surface area contributed by atoms with Gasteiger partial charge in [0.1, 0.15) is 6.61 Å². The van der Waals surface area contributed by atoms with Crippen LogP contribution in [0.2, 0.25) is 0 Å². The molecule has 0 fully saturated rings. The summed E-state index contributed by atoms with van der Waals surface area (Å²) < 4.78 is 10.7. The summed E-state index contributed by atoms with van der Waals surface area (Å²) in [5, 5.41) is 3.19. The first-order valence-corrected chi connectivity index (χ1v) is 7.93. The molecule has 0 saturated heterocycles. The summed E-state index contributed by atoms with van der Waals surface area (Å²) in [5.74, 6) is -0.123. The molecular formula is C16H35NO3. The molecule has 0 rings (SSSR count). The van der Waals surface area contributed by atoms with Crippen LogP contribution in [-0.2, 0) is 14.3 Å². The third-order valence-corrected chi connectivity index (χ3v) is 3.20. The molecule has 0 saturated carbocycles. The summed E-state index contributed by atoms with van der Waals surface area (Å²) in [7, 11) is 0. The van der Waals surface area contributed by atoms with E-state index in [0.717, 1.165) is 19.4 Å². The van der Waals surface area contributed by atoms with Crippen molar-refractivity contribution in [2.75, 3.05) is 26.3 Å². The van der Waals surface area contributed by atoms with Gasteiger partial charge in [0.05, 0.1) is 18.1 Å². The van der Waals surface area contributed by atoms with Crippen molar-refractivity contribution in [3.63, 3.8) is 0 Å². The zero-order valence-corrected chi connectivity index (χ0v) is 14.5. The van der Waals surface area contributed by atoms with E-state index in [9.17, 15) is 4.79 Å². The molecule has 0 aliphatic rings. The summed E-state index contributed by atoms with van der Waals surface area (Å²) in [6, 6.07) is 0. The molecule has 20 heavy (non-hydrogen) atoms. The van der Waals surface area contributed by atoms with Crippen molar-refractivity contribution in [1.82, 2.24) is 5.32 Å². The van der Waals surface area contributed by atoms with Gasteiger partial charge in [-0.25, -0.2) is 0 Å². The van der Waals surface area contributed by atoms with Crippen LogP contribution in [0.1, 0.15) is 61.3 Å². The van der Waals surface area contributed by atoms with E-state index in [4.69, 9.17) is 9.47 Å². The summed E-state index contributed by atoms with van der Waals surface area (Å²) >= 11 is 0. The Morgan fingerprint density at radius 2 is 1.70 bits per heavy atom. The number of hydrogen-bond acceptors (Lipinski definition) is 4. The minimum Gasteiger partial charge on any atom is -0.464 e. The van der Waals surface area contributed by atoms with E-state index in [1.54, 1.807) is 0 Å². The second kappa shape index (κ2) is 13.4. The smallest absolute Gasteiger partial charge is 0.311 e. The standard InChI is InChI=1S/C14H29NO3.C2H6/c1-6-12(3)17-10-8-15-9-11-18-13(16)14(4,5)7-2;1-2/h12,15H,6-11H2,1-5H3;1-2H3. The molecule has 0 aromatic heterocycles. The SMILES string of the molecule is CC.CCC(C)OCCNCCOC(=O)C(C)(C)CC. The van der Waals surface area contributed by atoms with Gasteiger partial charge in [-0.1, -0.05) is 27.7 Å². The molecule has 0 radical (unpaired) electrons. The van der Waals surface area contributed by atoms with E-state index in [-0.39, 0.29) is 11.4 Å². The molecule has 4 heteroatoms. The average molecular weight is 289 g/mol. The minimum atomic E-state index is -0.375. The maximum atomic E-state index is 11.6. The van der Waals surface area contributed by atoms with Gasteiger partial charge in [-0.2, -0.15) is 0 Å². The fourth-order valence-corrected chi connectivity index (χ4v) is 1.13. The Morgan fingerprint density at radius 1 is 1.15 bits per heavy atom. The molecule has 0 aromatic carbocycles. The third-order valence-electron chi connectivity index (χ3n) is 3.20. The highest BCUT2D eigenvalue weighted by atomic mass is 16.5. The van der Waals surface area contributed by atoms with E-state index in [1.165, 1.54) is 0 Å². The molecule has 1 unspecified atom stereocenters. The first-order chi connectivity index (χ1) is 9.44. The van der Waals surface area contributed by atoms with Crippen LogP contribution in [0, 0.1) is 5.41 Å². The third kappa shape index (κ3) is 11.2. The number of esters is 1. The van der Waals surface area contributed by atoms with Gasteiger partial charge in [0.25, 0.3) is 0 Å². The van der Waals surface area contributed by atoms with Crippen LogP contribution in [0.25, 0.3) is 0 Å². The normalized spacial score (nSPS) is 12.3. The lowest BCUT2D eigenvalue weighted by molar-refractivity contribution is -0.153. The number of hydrogen-bond donors (Lipinski definition) is 1. The van der Waals surface area contributed by atoms with Gasteiger partial charge in [0, 0.05) is 13.1 Å². The van der Waals surface area contributed by atoms with Crippen molar-refractivity contribution in [3.8, 4) is 0 Å². The van der Waals surface area contributed by atoms with E-state index in [0.29, 0.717) is 25.9 Å². The molecule has 0 aliphatic carbocycles. The Morgan fingerprint density at radius 3 is 2.20 bits per heavy atom. The van der Waals surface area contributed by atoms with Crippen LogP contribution < -0.4 is 5.32 Å². The molecule has 0 heterocycles. The van der Waals surface area contributed by atoms with Gasteiger partial charge < -0.3 is 14.8 Å². The monoisotopic (exact) mass is 289 g/mol. The Kier molecular flexibility index (Phi) is 14.5. The second-order valence-corrected chi connectivity index (χ2v) is 5.21. The largest absolute Gasteiger partial charge is 0.464 e. The molecule has 0 aliphatic heterocycles. The highest BCUT2D eigenvalue weighted by Crippen LogP contribution is 2.21. The average Bonchev–Trinajstić information content (AvgIpc) is 2.47. The number of rotatable bonds is 10. The number of carbonyl (C=O) groups excluding carboxylic acids is 1. The van der Waals surface area contributed by atoms with Gasteiger partial charge >= 0.3 is 5.97 Å². The number of carbonyl (C=O) groups is 1. The quantitative estimate of drug-likeness (QED) is 0.494. The van der Waals surface area contributed by atoms with Gasteiger partial charge in [0.15, 0.2) is 0 Å². The van der Waals surface area contributed by atoms with Gasteiger partial charge in [0.2, 0.25) is 0 Å². The topological polar surface area (TPSA) is 47.6 Å². The Labute approximate surface area is 125 Å². The number of ether oxygens (including phenoxy) is 2. The molecule has 4 nitrogen and oxygen atoms in total. The van der Waals surface area contributed by atoms with Crippen molar-refractivity contribution in [2.24, 2.45) is 5.41 Å². The highest BCUT2D eigenvalue weighted by Gasteiger charge is 2.26. The van der Waals surface area contributed by atoms with Crippen molar-refractivity contribution in [2.45, 2.75) is 67.4 Å². The molecule has 0 spiro atoms. The molecule has 0 bridgehead atoms. The lowest BCUT2D eigenvalue weighted by Crippen LogP contribution is -2.30. The highest BCUT2D eigenvalue weighted by molar-refractivity contribution is 5.75. The summed E-state index contributed by atoms with van der Waals surface area (Å²) in [6.45, 7) is 16.6. The minimum absolute atomic E-state index is 0.123. The molecule has 1 atom stereocenters. The van der Waals surface area contributed by atoms with Gasteiger partial charge in [-0.05, 0) is 33.6 Å².